The Morgan fingerprint density at radius 3 is 2.79 bits per heavy atom. The molecule has 0 amide bonds. The predicted molar refractivity (Wildman–Crippen MR) is 50.5 cm³/mol. The molecule has 0 radical (unpaired) electrons. The maximum atomic E-state index is 11.0. The smallest absolute Gasteiger partial charge is 0.331 e. The molecule has 0 aromatic rings. The van der Waals surface area contributed by atoms with Crippen LogP contribution in [0.5, 0.6) is 0 Å². The van der Waals surface area contributed by atoms with Crippen LogP contribution in [0, 0.1) is 0 Å². The van der Waals surface area contributed by atoms with Crippen LogP contribution in [0.3, 0.4) is 0 Å². The molecule has 1 heterocycles. The second-order valence-electron chi connectivity index (χ2n) is 3.47. The van der Waals surface area contributed by atoms with Gasteiger partial charge in [0.15, 0.2) is 6.10 Å². The summed E-state index contributed by atoms with van der Waals surface area (Å²) >= 11 is 0. The maximum Gasteiger partial charge on any atom is 0.331 e. The lowest BCUT2D eigenvalue weighted by Crippen LogP contribution is -2.36. The van der Waals surface area contributed by atoms with E-state index in [0.717, 1.165) is 11.6 Å². The van der Waals surface area contributed by atoms with E-state index in [1.54, 1.807) is 6.08 Å². The Bertz CT molecular complexity index is 286. The van der Waals surface area contributed by atoms with Crippen molar-refractivity contribution in [2.24, 2.45) is 0 Å². The third-order valence-electron chi connectivity index (χ3n) is 1.93. The zero-order chi connectivity index (χ0) is 10.7. The van der Waals surface area contributed by atoms with E-state index < -0.39 is 18.2 Å². The van der Waals surface area contributed by atoms with Crippen molar-refractivity contribution in [2.75, 3.05) is 6.61 Å². The van der Waals surface area contributed by atoms with Gasteiger partial charge in [-0.1, -0.05) is 5.57 Å². The zero-order valence-corrected chi connectivity index (χ0v) is 8.23. The summed E-state index contributed by atoms with van der Waals surface area (Å²) in [5, 5.41) is 18.5. The average Bonchev–Trinajstić information content (AvgIpc) is 2.09. The number of ether oxygens (including phenoxy) is 1. The minimum atomic E-state index is -0.937. The molecule has 0 spiro atoms. The molecule has 0 saturated carbocycles. The van der Waals surface area contributed by atoms with E-state index in [0.29, 0.717) is 5.57 Å². The number of cyclic esters (lactones) is 1. The van der Waals surface area contributed by atoms with Crippen LogP contribution in [-0.4, -0.2) is 35.0 Å². The molecule has 2 atom stereocenters. The van der Waals surface area contributed by atoms with Gasteiger partial charge in [0.2, 0.25) is 0 Å². The van der Waals surface area contributed by atoms with Crippen molar-refractivity contribution in [2.45, 2.75) is 26.1 Å². The Labute approximate surface area is 82.5 Å². The van der Waals surface area contributed by atoms with Crippen LogP contribution in [-0.2, 0) is 9.53 Å². The van der Waals surface area contributed by atoms with Gasteiger partial charge >= 0.3 is 5.97 Å². The molecule has 1 aliphatic heterocycles. The predicted octanol–water partition coefficient (Wildman–Crippen LogP) is 0.158. The number of allylic oxidation sites excluding steroid dienone is 1. The highest BCUT2D eigenvalue weighted by Gasteiger charge is 2.28. The average molecular weight is 198 g/mol. The highest BCUT2D eigenvalue weighted by atomic mass is 16.6. The Hall–Kier alpha value is -1.13. The normalized spacial score (nSPS) is 26.6. The van der Waals surface area contributed by atoms with E-state index in [1.807, 2.05) is 13.8 Å². The quantitative estimate of drug-likeness (QED) is 0.490. The Balaban J connectivity index is 2.88. The van der Waals surface area contributed by atoms with Gasteiger partial charge in [0.05, 0.1) is 6.61 Å². The topological polar surface area (TPSA) is 66.8 Å². The molecular weight excluding hydrogens is 184 g/mol. The van der Waals surface area contributed by atoms with Crippen molar-refractivity contribution in [1.82, 2.24) is 0 Å². The lowest BCUT2D eigenvalue weighted by Gasteiger charge is -2.25. The molecule has 4 heteroatoms. The molecule has 1 rings (SSSR count). The van der Waals surface area contributed by atoms with E-state index in [4.69, 9.17) is 9.84 Å². The number of hydrogen-bond acceptors (Lipinski definition) is 4. The van der Waals surface area contributed by atoms with Gasteiger partial charge in [-0.25, -0.2) is 4.79 Å². The molecule has 2 N–H and O–H groups in total. The van der Waals surface area contributed by atoms with Crippen LogP contribution in [0.2, 0.25) is 0 Å². The van der Waals surface area contributed by atoms with E-state index in [1.165, 1.54) is 0 Å². The molecule has 0 bridgehead atoms. The number of aliphatic hydroxyl groups is 2. The summed E-state index contributed by atoms with van der Waals surface area (Å²) in [6.07, 6.45) is 1.16. The summed E-state index contributed by atoms with van der Waals surface area (Å²) < 4.78 is 4.89. The molecule has 0 aromatic carbocycles. The van der Waals surface area contributed by atoms with Gasteiger partial charge in [0.1, 0.15) is 6.10 Å². The molecule has 78 valence electrons. The van der Waals surface area contributed by atoms with Crippen molar-refractivity contribution in [1.29, 1.82) is 0 Å². The molecule has 0 aliphatic carbocycles. The zero-order valence-electron chi connectivity index (χ0n) is 8.23. The van der Waals surface area contributed by atoms with Crippen LogP contribution >= 0.6 is 0 Å². The van der Waals surface area contributed by atoms with Crippen LogP contribution in [0.15, 0.2) is 23.3 Å². The molecule has 2 unspecified atom stereocenters. The Morgan fingerprint density at radius 2 is 2.29 bits per heavy atom. The van der Waals surface area contributed by atoms with Crippen molar-refractivity contribution in [3.8, 4) is 0 Å². The number of hydrogen-bond donors (Lipinski definition) is 2. The monoisotopic (exact) mass is 198 g/mol. The molecule has 1 aliphatic rings. The van der Waals surface area contributed by atoms with E-state index in [2.05, 4.69) is 0 Å². The van der Waals surface area contributed by atoms with Crippen LogP contribution < -0.4 is 0 Å². The van der Waals surface area contributed by atoms with Gasteiger partial charge in [-0.3, -0.25) is 0 Å². The first kappa shape index (κ1) is 10.9. The highest BCUT2D eigenvalue weighted by Crippen LogP contribution is 2.18. The largest absolute Gasteiger partial charge is 0.452 e. The highest BCUT2D eigenvalue weighted by molar-refractivity contribution is 5.84. The maximum absolute atomic E-state index is 11.0. The first-order chi connectivity index (χ1) is 6.54. The summed E-state index contributed by atoms with van der Waals surface area (Å²) in [5.74, 6) is -0.526. The number of carbonyl (C=O) groups is 1. The number of rotatable bonds is 2. The standard InChI is InChI=1S/C10H14O4/c1-6(2)3-8-10(13)7(5-11)4-9(12)14-8/h3-4,8,10-11,13H,5H2,1-2H3. The SMILES string of the molecule is CC(C)=CC1OC(=O)C=C(CO)C1O. The molecule has 4 nitrogen and oxygen atoms in total. The summed E-state index contributed by atoms with van der Waals surface area (Å²) in [6, 6.07) is 0. The lowest BCUT2D eigenvalue weighted by molar-refractivity contribution is -0.147. The van der Waals surface area contributed by atoms with Crippen LogP contribution in [0.4, 0.5) is 0 Å². The van der Waals surface area contributed by atoms with Crippen molar-refractivity contribution >= 4 is 5.97 Å². The van der Waals surface area contributed by atoms with Gasteiger partial charge in [0, 0.05) is 6.08 Å². The minimum Gasteiger partial charge on any atom is -0.452 e. The van der Waals surface area contributed by atoms with Gasteiger partial charge in [0.25, 0.3) is 0 Å². The summed E-state index contributed by atoms with van der Waals surface area (Å²) in [4.78, 5) is 11.0. The van der Waals surface area contributed by atoms with E-state index in [9.17, 15) is 9.90 Å². The van der Waals surface area contributed by atoms with Crippen LogP contribution in [0.25, 0.3) is 0 Å². The van der Waals surface area contributed by atoms with Gasteiger partial charge < -0.3 is 14.9 Å². The molecule has 0 fully saturated rings. The minimum absolute atomic E-state index is 0.295. The van der Waals surface area contributed by atoms with Gasteiger partial charge in [-0.15, -0.1) is 0 Å². The van der Waals surface area contributed by atoms with Crippen molar-refractivity contribution in [3.63, 3.8) is 0 Å². The number of carbonyl (C=O) groups excluding carboxylic acids is 1. The van der Waals surface area contributed by atoms with Crippen molar-refractivity contribution in [3.05, 3.63) is 23.3 Å². The molecular formula is C10H14O4. The Kier molecular flexibility index (Phi) is 3.43. The first-order valence-corrected chi connectivity index (χ1v) is 4.39. The first-order valence-electron chi connectivity index (χ1n) is 4.39. The Morgan fingerprint density at radius 1 is 1.64 bits per heavy atom. The second kappa shape index (κ2) is 4.39. The third kappa shape index (κ3) is 2.43. The fourth-order valence-electron chi connectivity index (χ4n) is 1.27. The van der Waals surface area contributed by atoms with E-state index >= 15 is 0 Å². The van der Waals surface area contributed by atoms with Gasteiger partial charge in [-0.05, 0) is 25.5 Å². The fourth-order valence-corrected chi connectivity index (χ4v) is 1.27. The summed E-state index contributed by atoms with van der Waals surface area (Å²) in [7, 11) is 0. The summed E-state index contributed by atoms with van der Waals surface area (Å²) in [6.45, 7) is 3.36. The third-order valence-corrected chi connectivity index (χ3v) is 1.93. The second-order valence-corrected chi connectivity index (χ2v) is 3.47. The number of esters is 1. The van der Waals surface area contributed by atoms with Gasteiger partial charge in [-0.2, -0.15) is 0 Å². The molecule has 0 saturated heterocycles. The molecule has 14 heavy (non-hydrogen) atoms. The fraction of sp³-hybridized carbons (Fsp3) is 0.500. The lowest BCUT2D eigenvalue weighted by atomic mass is 10.0. The summed E-state index contributed by atoms with van der Waals surface area (Å²) in [5.41, 5.74) is 1.24. The molecule has 0 aromatic heterocycles. The van der Waals surface area contributed by atoms with Crippen molar-refractivity contribution < 1.29 is 19.7 Å². The van der Waals surface area contributed by atoms with E-state index in [-0.39, 0.29) is 6.61 Å². The van der Waals surface area contributed by atoms with Crippen LogP contribution in [0.1, 0.15) is 13.8 Å². The number of aliphatic hydroxyl groups excluding tert-OH is 2.